The topological polar surface area (TPSA) is 126 Å². The van der Waals surface area contributed by atoms with E-state index >= 15 is 0 Å². The van der Waals surface area contributed by atoms with Gasteiger partial charge in [0.2, 0.25) is 0 Å². The standard InChI is InChI=1S/2Na.O3Si.2H2O/c;;1-4(2)3;;/h;;;2*1H2/q2*+1;-2;;. The summed E-state index contributed by atoms with van der Waals surface area (Å²) in [4.78, 5) is 17.0. The minimum atomic E-state index is -3.63. The second-order valence-electron chi connectivity index (χ2n) is 0.250. The fraction of sp³-hybridized carbons (Fsp3) is 0. The van der Waals surface area contributed by atoms with Crippen LogP contribution in [0.25, 0.3) is 0 Å². The normalized spacial score (nSPS) is 3.00. The first-order valence-corrected chi connectivity index (χ1v) is 1.84. The van der Waals surface area contributed by atoms with Gasteiger partial charge in [-0.1, -0.05) is 0 Å². The fourth-order valence-corrected chi connectivity index (χ4v) is 0. The van der Waals surface area contributed by atoms with Gasteiger partial charge in [-0.05, 0) is 0 Å². The van der Waals surface area contributed by atoms with Crippen molar-refractivity contribution in [3.63, 3.8) is 0 Å². The molecular formula is H4Na2O5Si. The first-order valence-electron chi connectivity index (χ1n) is 0.612. The van der Waals surface area contributed by atoms with Crippen LogP contribution in [-0.2, 0) is 4.46 Å². The molecule has 0 aliphatic rings. The van der Waals surface area contributed by atoms with E-state index in [4.69, 9.17) is 14.1 Å². The van der Waals surface area contributed by atoms with Gasteiger partial charge in [0.15, 0.2) is 0 Å². The van der Waals surface area contributed by atoms with E-state index in [0.29, 0.717) is 0 Å². The third kappa shape index (κ3) is 136. The average molecular weight is 158 g/mol. The summed E-state index contributed by atoms with van der Waals surface area (Å²) in [6, 6.07) is 0. The van der Waals surface area contributed by atoms with Crippen LogP contribution in [0, 0.1) is 0 Å². The van der Waals surface area contributed by atoms with E-state index in [0.717, 1.165) is 0 Å². The minimum absolute atomic E-state index is 0. The smallest absolute Gasteiger partial charge is 0.672 e. The van der Waals surface area contributed by atoms with Gasteiger partial charge in [-0.15, -0.1) is 0 Å². The molecule has 0 amide bonds. The molecule has 0 saturated carbocycles. The molecule has 0 spiro atoms. The molecule has 0 unspecified atom stereocenters. The Morgan fingerprint density at radius 3 is 1.00 bits per heavy atom. The van der Waals surface area contributed by atoms with Crippen molar-refractivity contribution in [1.82, 2.24) is 0 Å². The maximum Gasteiger partial charge on any atom is 1.00 e. The first-order chi connectivity index (χ1) is 1.73. The maximum absolute atomic E-state index is 8.52. The van der Waals surface area contributed by atoms with Gasteiger partial charge < -0.3 is 25.0 Å². The molecular weight excluding hydrogens is 154 g/mol. The fourth-order valence-electron chi connectivity index (χ4n) is 0. The van der Waals surface area contributed by atoms with E-state index in [2.05, 4.69) is 0 Å². The predicted octanol–water partition coefficient (Wildman–Crippen LogP) is -10.5. The zero-order chi connectivity index (χ0) is 3.58. The van der Waals surface area contributed by atoms with E-state index in [9.17, 15) is 0 Å². The van der Waals surface area contributed by atoms with Crippen LogP contribution in [0.3, 0.4) is 0 Å². The van der Waals surface area contributed by atoms with Crippen molar-refractivity contribution in [2.75, 3.05) is 0 Å². The maximum atomic E-state index is 8.52. The molecule has 0 radical (unpaired) electrons. The van der Waals surface area contributed by atoms with Crippen LogP contribution in [-0.4, -0.2) is 20.1 Å². The largest absolute Gasteiger partial charge is 1.00 e. The zero-order valence-electron chi connectivity index (χ0n) is 4.72. The summed E-state index contributed by atoms with van der Waals surface area (Å²) in [5.41, 5.74) is 0. The summed E-state index contributed by atoms with van der Waals surface area (Å²) in [6.07, 6.45) is 0. The molecule has 4 N–H and O–H groups in total. The SMILES string of the molecule is O.O.O=[Si]([O-])[O-].[Na+].[Na+]. The zero-order valence-corrected chi connectivity index (χ0v) is 9.72. The summed E-state index contributed by atoms with van der Waals surface area (Å²) in [5.74, 6) is 0. The molecule has 0 heterocycles. The van der Waals surface area contributed by atoms with Crippen LogP contribution in [0.15, 0.2) is 0 Å². The Labute approximate surface area is 92.2 Å². The first kappa shape index (κ1) is 33.8. The van der Waals surface area contributed by atoms with Crippen LogP contribution in [0.4, 0.5) is 0 Å². The minimum Gasteiger partial charge on any atom is -0.672 e. The molecule has 40 valence electrons. The second kappa shape index (κ2) is 23.6. The molecule has 8 heteroatoms. The Balaban J connectivity index is -0.00000000750. The van der Waals surface area contributed by atoms with Crippen molar-refractivity contribution in [3.8, 4) is 0 Å². The molecule has 0 fully saturated rings. The van der Waals surface area contributed by atoms with Crippen LogP contribution < -0.4 is 68.7 Å². The molecule has 0 rings (SSSR count). The Kier molecular flexibility index (Phi) is 99.4. The van der Waals surface area contributed by atoms with Crippen LogP contribution in [0.1, 0.15) is 0 Å². The molecule has 0 aromatic heterocycles. The molecule has 0 saturated heterocycles. The van der Waals surface area contributed by atoms with Gasteiger partial charge in [0.1, 0.15) is 0 Å². The van der Waals surface area contributed by atoms with Crippen molar-refractivity contribution in [2.45, 2.75) is 0 Å². The molecule has 0 aromatic carbocycles. The van der Waals surface area contributed by atoms with Crippen LogP contribution >= 0.6 is 0 Å². The van der Waals surface area contributed by atoms with Gasteiger partial charge >= 0.3 is 59.1 Å². The Morgan fingerprint density at radius 1 is 1.00 bits per heavy atom. The average Bonchev–Trinajstić information content (AvgIpc) is 0.811. The van der Waals surface area contributed by atoms with Crippen molar-refractivity contribution in [2.24, 2.45) is 0 Å². The van der Waals surface area contributed by atoms with Gasteiger partial charge in [-0.25, -0.2) is 0 Å². The van der Waals surface area contributed by atoms with Gasteiger partial charge in [0, 0.05) is 9.17 Å². The summed E-state index contributed by atoms with van der Waals surface area (Å²) >= 11 is 0. The van der Waals surface area contributed by atoms with Gasteiger partial charge in [0.25, 0.3) is 0 Å². The number of hydrogen-bond donors (Lipinski definition) is 0. The molecule has 0 aliphatic carbocycles. The third-order valence-electron chi connectivity index (χ3n) is 0. The van der Waals surface area contributed by atoms with Crippen LogP contribution in [0.5, 0.6) is 0 Å². The van der Waals surface area contributed by atoms with E-state index in [-0.39, 0.29) is 70.1 Å². The Bertz CT molecular complexity index is 33.4. The summed E-state index contributed by atoms with van der Waals surface area (Å²) in [5, 5.41) is 0. The van der Waals surface area contributed by atoms with Crippen molar-refractivity contribution in [3.05, 3.63) is 0 Å². The third-order valence-corrected chi connectivity index (χ3v) is 0. The Hall–Kier alpha value is 1.54. The molecule has 0 aromatic rings. The Morgan fingerprint density at radius 2 is 1.00 bits per heavy atom. The predicted molar refractivity (Wildman–Crippen MR) is 13.7 cm³/mol. The number of hydrogen-bond acceptors (Lipinski definition) is 3. The van der Waals surface area contributed by atoms with Gasteiger partial charge in [-0.3, -0.25) is 0 Å². The molecule has 5 nitrogen and oxygen atoms in total. The summed E-state index contributed by atoms with van der Waals surface area (Å²) in [7, 11) is -3.63. The van der Waals surface area contributed by atoms with E-state index in [1.807, 2.05) is 0 Å². The molecule has 0 atom stereocenters. The second-order valence-corrected chi connectivity index (χ2v) is 0.750. The van der Waals surface area contributed by atoms with Crippen molar-refractivity contribution >= 4 is 9.17 Å². The van der Waals surface area contributed by atoms with Crippen molar-refractivity contribution < 1.29 is 84.1 Å². The monoisotopic (exact) mass is 158 g/mol. The molecule has 0 bridgehead atoms. The molecule has 0 aliphatic heterocycles. The summed E-state index contributed by atoms with van der Waals surface area (Å²) in [6.45, 7) is 0. The quantitative estimate of drug-likeness (QED) is 0.325. The van der Waals surface area contributed by atoms with Gasteiger partial charge in [0.05, 0.1) is 0 Å². The van der Waals surface area contributed by atoms with Gasteiger partial charge in [-0.2, -0.15) is 0 Å². The molecule has 8 heavy (non-hydrogen) atoms. The van der Waals surface area contributed by atoms with E-state index < -0.39 is 9.17 Å². The van der Waals surface area contributed by atoms with E-state index in [1.54, 1.807) is 0 Å². The van der Waals surface area contributed by atoms with Crippen LogP contribution in [0.2, 0.25) is 0 Å². The number of rotatable bonds is 0. The summed E-state index contributed by atoms with van der Waals surface area (Å²) < 4.78 is 8.52. The van der Waals surface area contributed by atoms with Crippen molar-refractivity contribution in [1.29, 1.82) is 0 Å². The van der Waals surface area contributed by atoms with E-state index in [1.165, 1.54) is 0 Å².